The molecular weight excluding hydrogens is 160 g/mol. The lowest BCUT2D eigenvalue weighted by Gasteiger charge is -2.18. The largest absolute Gasteiger partial charge is 0.332 e. The molecule has 1 aromatic rings. The molecule has 0 spiro atoms. The van der Waals surface area contributed by atoms with Crippen molar-refractivity contribution in [1.82, 2.24) is 9.55 Å². The van der Waals surface area contributed by atoms with E-state index in [4.69, 9.17) is 0 Å². The molecule has 0 unspecified atom stereocenters. The Hall–Kier alpha value is -0.790. The van der Waals surface area contributed by atoms with E-state index in [1.54, 1.807) is 0 Å². The van der Waals surface area contributed by atoms with E-state index < -0.39 is 0 Å². The molecule has 0 radical (unpaired) electrons. The molecule has 1 heterocycles. The van der Waals surface area contributed by atoms with Gasteiger partial charge in [0, 0.05) is 24.4 Å². The Bertz CT molecular complexity index is 246. The second kappa shape index (κ2) is 4.45. The Morgan fingerprint density at radius 3 is 2.38 bits per heavy atom. The quantitative estimate of drug-likeness (QED) is 0.694. The maximum atomic E-state index is 4.40. The zero-order valence-corrected chi connectivity index (χ0v) is 9.12. The van der Waals surface area contributed by atoms with Gasteiger partial charge >= 0.3 is 0 Å². The first-order valence-corrected chi connectivity index (χ1v) is 5.23. The van der Waals surface area contributed by atoms with Gasteiger partial charge in [0.1, 0.15) is 5.82 Å². The van der Waals surface area contributed by atoms with Gasteiger partial charge in [-0.3, -0.25) is 0 Å². The molecule has 0 fully saturated rings. The van der Waals surface area contributed by atoms with Crippen LogP contribution in [0.25, 0.3) is 0 Å². The van der Waals surface area contributed by atoms with Gasteiger partial charge in [0.25, 0.3) is 0 Å². The van der Waals surface area contributed by atoms with E-state index in [-0.39, 0.29) is 0 Å². The van der Waals surface area contributed by atoms with Crippen molar-refractivity contribution >= 4 is 0 Å². The highest BCUT2D eigenvalue weighted by molar-refractivity contribution is 4.99. The summed E-state index contributed by atoms with van der Waals surface area (Å²) in [6, 6.07) is 0.625. The van der Waals surface area contributed by atoms with Crippen LogP contribution < -0.4 is 0 Å². The molecule has 1 aromatic heterocycles. The summed E-state index contributed by atoms with van der Waals surface area (Å²) in [4.78, 5) is 4.40. The monoisotopic (exact) mass is 180 g/mol. The fourth-order valence-electron chi connectivity index (χ4n) is 1.76. The van der Waals surface area contributed by atoms with Gasteiger partial charge in [-0.15, -0.1) is 0 Å². The third-order valence-corrected chi connectivity index (χ3v) is 2.55. The fourth-order valence-corrected chi connectivity index (χ4v) is 1.76. The van der Waals surface area contributed by atoms with E-state index in [0.717, 1.165) is 0 Å². The molecule has 74 valence electrons. The summed E-state index contributed by atoms with van der Waals surface area (Å²) in [5.41, 5.74) is 0. The van der Waals surface area contributed by atoms with Gasteiger partial charge in [-0.25, -0.2) is 4.98 Å². The van der Waals surface area contributed by atoms with Gasteiger partial charge in [0.2, 0.25) is 0 Å². The highest BCUT2D eigenvalue weighted by Crippen LogP contribution is 2.21. The lowest BCUT2D eigenvalue weighted by atomic mass is 10.1. The summed E-state index contributed by atoms with van der Waals surface area (Å²) in [6.45, 7) is 8.86. The second-order valence-corrected chi connectivity index (χ2v) is 3.82. The number of hydrogen-bond donors (Lipinski definition) is 0. The van der Waals surface area contributed by atoms with Gasteiger partial charge < -0.3 is 4.57 Å². The van der Waals surface area contributed by atoms with Gasteiger partial charge in [0.15, 0.2) is 0 Å². The molecule has 0 saturated carbocycles. The number of aromatic nitrogens is 2. The average molecular weight is 180 g/mol. The van der Waals surface area contributed by atoms with E-state index in [9.17, 15) is 0 Å². The van der Waals surface area contributed by atoms with Crippen LogP contribution in [0.3, 0.4) is 0 Å². The molecule has 0 aliphatic rings. The van der Waals surface area contributed by atoms with E-state index >= 15 is 0 Å². The molecule has 0 N–H and O–H groups in total. The second-order valence-electron chi connectivity index (χ2n) is 3.82. The Balaban J connectivity index is 2.91. The highest BCUT2D eigenvalue weighted by Gasteiger charge is 2.12. The van der Waals surface area contributed by atoms with Crippen molar-refractivity contribution in [2.24, 2.45) is 0 Å². The molecule has 1 rings (SSSR count). The summed E-state index contributed by atoms with van der Waals surface area (Å²) in [5.74, 6) is 1.74. The summed E-state index contributed by atoms with van der Waals surface area (Å²) < 4.78 is 2.32. The van der Waals surface area contributed by atoms with E-state index in [0.29, 0.717) is 12.0 Å². The Kier molecular flexibility index (Phi) is 3.52. The Labute approximate surface area is 81.0 Å². The molecule has 0 saturated heterocycles. The topological polar surface area (TPSA) is 17.8 Å². The minimum Gasteiger partial charge on any atom is -0.332 e. The van der Waals surface area contributed by atoms with Gasteiger partial charge in [0.05, 0.1) is 0 Å². The smallest absolute Gasteiger partial charge is 0.111 e. The molecule has 0 bridgehead atoms. The summed E-state index contributed by atoms with van der Waals surface area (Å²) in [7, 11) is 0. The van der Waals surface area contributed by atoms with Crippen LogP contribution in [0.2, 0.25) is 0 Å². The van der Waals surface area contributed by atoms with Crippen LogP contribution in [-0.2, 0) is 0 Å². The zero-order chi connectivity index (χ0) is 9.84. The zero-order valence-electron chi connectivity index (χ0n) is 9.12. The van der Waals surface area contributed by atoms with Crippen molar-refractivity contribution in [3.05, 3.63) is 18.2 Å². The molecule has 0 aliphatic heterocycles. The van der Waals surface area contributed by atoms with Crippen LogP contribution in [0.15, 0.2) is 12.4 Å². The predicted molar refractivity (Wildman–Crippen MR) is 55.9 cm³/mol. The molecule has 2 nitrogen and oxygen atoms in total. The first kappa shape index (κ1) is 10.3. The number of nitrogens with zero attached hydrogens (tertiary/aromatic N) is 2. The van der Waals surface area contributed by atoms with Crippen LogP contribution >= 0.6 is 0 Å². The molecule has 0 aromatic carbocycles. The standard InChI is InChI=1S/C11H20N2/c1-5-10(6-2)13-8-7-12-11(13)9(3)4/h7-10H,5-6H2,1-4H3. The molecule has 2 heteroatoms. The van der Waals surface area contributed by atoms with Crippen molar-refractivity contribution in [2.75, 3.05) is 0 Å². The van der Waals surface area contributed by atoms with E-state index in [1.165, 1.54) is 18.7 Å². The van der Waals surface area contributed by atoms with Crippen molar-refractivity contribution in [1.29, 1.82) is 0 Å². The summed E-state index contributed by atoms with van der Waals surface area (Å²) in [6.07, 6.45) is 6.39. The molecular formula is C11H20N2. The van der Waals surface area contributed by atoms with Crippen LogP contribution in [-0.4, -0.2) is 9.55 Å². The average Bonchev–Trinajstić information content (AvgIpc) is 2.55. The van der Waals surface area contributed by atoms with Crippen molar-refractivity contribution < 1.29 is 0 Å². The maximum Gasteiger partial charge on any atom is 0.111 e. The summed E-state index contributed by atoms with van der Waals surface area (Å²) in [5, 5.41) is 0. The molecule has 0 amide bonds. The molecule has 0 atom stereocenters. The number of rotatable bonds is 4. The predicted octanol–water partition coefficient (Wildman–Crippen LogP) is 3.37. The minimum atomic E-state index is 0.524. The van der Waals surface area contributed by atoms with Crippen molar-refractivity contribution in [3.63, 3.8) is 0 Å². The highest BCUT2D eigenvalue weighted by atomic mass is 15.1. The third kappa shape index (κ3) is 2.11. The number of imidazole rings is 1. The van der Waals surface area contributed by atoms with Crippen LogP contribution in [0.1, 0.15) is 58.3 Å². The fraction of sp³-hybridized carbons (Fsp3) is 0.727. The SMILES string of the molecule is CCC(CC)n1ccnc1C(C)C. The van der Waals surface area contributed by atoms with E-state index in [1.807, 2.05) is 6.20 Å². The Morgan fingerprint density at radius 2 is 1.92 bits per heavy atom. The summed E-state index contributed by atoms with van der Waals surface area (Å²) >= 11 is 0. The minimum absolute atomic E-state index is 0.524. The molecule has 0 aliphatic carbocycles. The van der Waals surface area contributed by atoms with Crippen LogP contribution in [0.4, 0.5) is 0 Å². The lowest BCUT2D eigenvalue weighted by molar-refractivity contribution is 0.447. The first-order valence-electron chi connectivity index (χ1n) is 5.23. The van der Waals surface area contributed by atoms with Crippen molar-refractivity contribution in [3.8, 4) is 0 Å². The van der Waals surface area contributed by atoms with E-state index in [2.05, 4.69) is 43.4 Å². The Morgan fingerprint density at radius 1 is 1.31 bits per heavy atom. The normalized spacial score (nSPS) is 11.5. The lowest BCUT2D eigenvalue weighted by Crippen LogP contribution is -2.11. The van der Waals surface area contributed by atoms with Gasteiger partial charge in [-0.05, 0) is 12.8 Å². The van der Waals surface area contributed by atoms with Gasteiger partial charge in [-0.1, -0.05) is 27.7 Å². The molecule has 13 heavy (non-hydrogen) atoms. The van der Waals surface area contributed by atoms with Crippen LogP contribution in [0, 0.1) is 0 Å². The van der Waals surface area contributed by atoms with Crippen molar-refractivity contribution in [2.45, 2.75) is 52.5 Å². The maximum absolute atomic E-state index is 4.40. The number of hydrogen-bond acceptors (Lipinski definition) is 1. The van der Waals surface area contributed by atoms with Crippen LogP contribution in [0.5, 0.6) is 0 Å². The third-order valence-electron chi connectivity index (χ3n) is 2.55. The van der Waals surface area contributed by atoms with Gasteiger partial charge in [-0.2, -0.15) is 0 Å². The first-order chi connectivity index (χ1) is 6.20.